The van der Waals surface area contributed by atoms with Gasteiger partial charge in [-0.1, -0.05) is 12.1 Å². The van der Waals surface area contributed by atoms with Gasteiger partial charge in [0.25, 0.3) is 5.91 Å². The molecule has 1 aromatic heterocycles. The molecule has 2 aromatic carbocycles. The fourth-order valence-corrected chi connectivity index (χ4v) is 4.55. The average molecular weight is 435 g/mol. The van der Waals surface area contributed by atoms with Gasteiger partial charge in [-0.15, -0.1) is 0 Å². The first-order valence-corrected chi connectivity index (χ1v) is 10.9. The Hall–Kier alpha value is -3.19. The molecule has 1 saturated heterocycles. The van der Waals surface area contributed by atoms with Crippen LogP contribution in [0.4, 0.5) is 10.1 Å². The number of carbonyl (C=O) groups excluding carboxylic acids is 1. The summed E-state index contributed by atoms with van der Waals surface area (Å²) in [5.41, 5.74) is 2.75. The summed E-state index contributed by atoms with van der Waals surface area (Å²) in [5, 5.41) is 3.84. The van der Waals surface area contributed by atoms with Crippen LogP contribution in [0.2, 0.25) is 0 Å². The monoisotopic (exact) mass is 434 g/mol. The van der Waals surface area contributed by atoms with Crippen LogP contribution in [0.1, 0.15) is 34.3 Å². The van der Waals surface area contributed by atoms with E-state index in [2.05, 4.69) is 40.3 Å². The molecule has 5 rings (SSSR count). The Bertz CT molecular complexity index is 1270. The summed E-state index contributed by atoms with van der Waals surface area (Å²) in [4.78, 5) is 32.1. The van der Waals surface area contributed by atoms with Gasteiger partial charge in [0.2, 0.25) is 5.56 Å². The second-order valence-corrected chi connectivity index (χ2v) is 9.26. The minimum absolute atomic E-state index is 0.131. The number of amides is 1. The van der Waals surface area contributed by atoms with Crippen molar-refractivity contribution in [3.63, 3.8) is 0 Å². The van der Waals surface area contributed by atoms with E-state index in [9.17, 15) is 14.0 Å². The van der Waals surface area contributed by atoms with Crippen molar-refractivity contribution in [2.45, 2.75) is 31.3 Å². The SMILES string of the molecule is Cc1ccc(N2CC(N(C)C)C2)cc1C(=O)NC1(c2ccc(F)c3[nH]c(=O)ccc23)CC1. The Kier molecular flexibility index (Phi) is 4.82. The molecule has 0 bridgehead atoms. The number of rotatable bonds is 5. The molecule has 1 aliphatic heterocycles. The fraction of sp³-hybridized carbons (Fsp3) is 0.360. The molecule has 2 N–H and O–H groups in total. The second kappa shape index (κ2) is 7.45. The Morgan fingerprint density at radius 1 is 1.16 bits per heavy atom. The first kappa shape index (κ1) is 20.7. The number of carbonyl (C=O) groups is 1. The van der Waals surface area contributed by atoms with Crippen LogP contribution in [0, 0.1) is 12.7 Å². The van der Waals surface area contributed by atoms with E-state index in [1.54, 1.807) is 12.1 Å². The highest BCUT2D eigenvalue weighted by Crippen LogP contribution is 2.48. The summed E-state index contributed by atoms with van der Waals surface area (Å²) in [6.07, 6.45) is 1.54. The van der Waals surface area contributed by atoms with Crippen molar-refractivity contribution in [2.75, 3.05) is 32.1 Å². The van der Waals surface area contributed by atoms with Gasteiger partial charge in [-0.2, -0.15) is 0 Å². The van der Waals surface area contributed by atoms with Gasteiger partial charge in [0, 0.05) is 41.8 Å². The van der Waals surface area contributed by atoms with Gasteiger partial charge in [0.15, 0.2) is 0 Å². The molecule has 6 nitrogen and oxygen atoms in total. The van der Waals surface area contributed by atoms with Crippen LogP contribution in [-0.4, -0.2) is 49.0 Å². The third-order valence-electron chi connectivity index (χ3n) is 6.89. The standard InChI is InChI=1S/C25H27FN4O2/c1-15-4-5-16(30-13-17(14-30)29(2)3)12-19(15)24(32)28-25(10-11-25)20-7-8-21(26)23-18(20)6-9-22(31)27-23/h4-9,12,17H,10-11,13-14H2,1-3H3,(H,27,31)(H,28,32). The highest BCUT2D eigenvalue weighted by molar-refractivity contribution is 5.98. The quantitative estimate of drug-likeness (QED) is 0.648. The van der Waals surface area contributed by atoms with E-state index < -0.39 is 11.4 Å². The lowest BCUT2D eigenvalue weighted by Crippen LogP contribution is -2.57. The largest absolute Gasteiger partial charge is 0.368 e. The number of hydrogen-bond donors (Lipinski definition) is 2. The molecular weight excluding hydrogens is 407 g/mol. The van der Waals surface area contributed by atoms with E-state index >= 15 is 0 Å². The minimum Gasteiger partial charge on any atom is -0.368 e. The summed E-state index contributed by atoms with van der Waals surface area (Å²) in [6.45, 7) is 3.83. The lowest BCUT2D eigenvalue weighted by Gasteiger charge is -2.44. The van der Waals surface area contributed by atoms with Gasteiger partial charge in [0.05, 0.1) is 11.1 Å². The van der Waals surface area contributed by atoms with Gasteiger partial charge in [-0.3, -0.25) is 9.59 Å². The average Bonchev–Trinajstić information content (AvgIpc) is 3.48. The van der Waals surface area contributed by atoms with Crippen molar-refractivity contribution in [3.8, 4) is 0 Å². The van der Waals surface area contributed by atoms with Crippen LogP contribution in [0.5, 0.6) is 0 Å². The maximum absolute atomic E-state index is 14.3. The summed E-state index contributed by atoms with van der Waals surface area (Å²) >= 11 is 0. The van der Waals surface area contributed by atoms with E-state index in [-0.39, 0.29) is 17.0 Å². The zero-order chi connectivity index (χ0) is 22.6. The summed E-state index contributed by atoms with van der Waals surface area (Å²) < 4.78 is 14.3. The number of aromatic amines is 1. The number of pyridine rings is 1. The molecule has 0 unspecified atom stereocenters. The number of hydrogen-bond acceptors (Lipinski definition) is 4. The van der Waals surface area contributed by atoms with Crippen molar-refractivity contribution in [3.05, 3.63) is 75.3 Å². The third kappa shape index (κ3) is 3.46. The normalized spacial score (nSPS) is 17.5. The summed E-state index contributed by atoms with van der Waals surface area (Å²) in [6, 6.07) is 12.7. The molecule has 32 heavy (non-hydrogen) atoms. The fourth-order valence-electron chi connectivity index (χ4n) is 4.55. The molecule has 3 aromatic rings. The minimum atomic E-state index is -0.545. The Morgan fingerprint density at radius 3 is 2.59 bits per heavy atom. The molecule has 7 heteroatoms. The predicted molar refractivity (Wildman–Crippen MR) is 124 cm³/mol. The second-order valence-electron chi connectivity index (χ2n) is 9.26. The first-order valence-electron chi connectivity index (χ1n) is 10.9. The van der Waals surface area contributed by atoms with E-state index in [0.29, 0.717) is 17.0 Å². The highest BCUT2D eigenvalue weighted by atomic mass is 19.1. The van der Waals surface area contributed by atoms with E-state index in [1.165, 1.54) is 12.1 Å². The number of H-pyrrole nitrogens is 1. The van der Waals surface area contributed by atoms with Crippen LogP contribution < -0.4 is 15.8 Å². The molecule has 166 valence electrons. The van der Waals surface area contributed by atoms with Crippen LogP contribution in [0.25, 0.3) is 10.9 Å². The molecule has 1 aliphatic carbocycles. The van der Waals surface area contributed by atoms with Crippen LogP contribution in [0.15, 0.2) is 47.3 Å². The Labute approximate surface area is 186 Å². The van der Waals surface area contributed by atoms with Crippen LogP contribution in [-0.2, 0) is 5.54 Å². The molecule has 1 saturated carbocycles. The maximum atomic E-state index is 14.3. The van der Waals surface area contributed by atoms with Gasteiger partial charge in [-0.05, 0) is 69.3 Å². The predicted octanol–water partition coefficient (Wildman–Crippen LogP) is 3.14. The van der Waals surface area contributed by atoms with Gasteiger partial charge < -0.3 is 20.1 Å². The maximum Gasteiger partial charge on any atom is 0.252 e. The Morgan fingerprint density at radius 2 is 1.91 bits per heavy atom. The number of halogens is 1. The number of fused-ring (bicyclic) bond motifs is 1. The number of benzene rings is 2. The zero-order valence-corrected chi connectivity index (χ0v) is 18.5. The zero-order valence-electron chi connectivity index (χ0n) is 18.5. The lowest BCUT2D eigenvalue weighted by atomic mass is 9.97. The molecule has 2 aliphatic rings. The summed E-state index contributed by atoms with van der Waals surface area (Å²) in [5.74, 6) is -0.605. The number of likely N-dealkylation sites (N-methyl/N-ethyl adjacent to an activating group) is 1. The molecule has 2 fully saturated rings. The van der Waals surface area contributed by atoms with Crippen LogP contribution >= 0.6 is 0 Å². The molecule has 1 amide bonds. The molecule has 2 heterocycles. The van der Waals surface area contributed by atoms with Crippen molar-refractivity contribution in [1.29, 1.82) is 0 Å². The number of nitrogens with one attached hydrogen (secondary N) is 2. The topological polar surface area (TPSA) is 68.4 Å². The Balaban J connectivity index is 1.43. The van der Waals surface area contributed by atoms with Gasteiger partial charge >= 0.3 is 0 Å². The highest BCUT2D eigenvalue weighted by Gasteiger charge is 2.47. The number of anilines is 1. The molecule has 0 atom stereocenters. The van der Waals surface area contributed by atoms with Crippen LogP contribution in [0.3, 0.4) is 0 Å². The van der Waals surface area contributed by atoms with Crippen molar-refractivity contribution < 1.29 is 9.18 Å². The number of aromatic nitrogens is 1. The first-order chi connectivity index (χ1) is 15.3. The van der Waals surface area contributed by atoms with E-state index in [0.717, 1.165) is 42.7 Å². The van der Waals surface area contributed by atoms with Gasteiger partial charge in [0.1, 0.15) is 5.82 Å². The number of nitrogens with zero attached hydrogens (tertiary/aromatic N) is 2. The molecule has 0 spiro atoms. The number of aryl methyl sites for hydroxylation is 1. The van der Waals surface area contributed by atoms with E-state index in [1.807, 2.05) is 19.1 Å². The van der Waals surface area contributed by atoms with Crippen molar-refractivity contribution in [1.82, 2.24) is 15.2 Å². The molecule has 0 radical (unpaired) electrons. The lowest BCUT2D eigenvalue weighted by molar-refractivity contribution is 0.0930. The summed E-state index contributed by atoms with van der Waals surface area (Å²) in [7, 11) is 4.17. The van der Waals surface area contributed by atoms with E-state index in [4.69, 9.17) is 0 Å². The van der Waals surface area contributed by atoms with Crippen molar-refractivity contribution >= 4 is 22.5 Å². The molecular formula is C25H27FN4O2. The smallest absolute Gasteiger partial charge is 0.252 e. The third-order valence-corrected chi connectivity index (χ3v) is 6.89. The van der Waals surface area contributed by atoms with Crippen molar-refractivity contribution in [2.24, 2.45) is 0 Å². The van der Waals surface area contributed by atoms with Gasteiger partial charge in [-0.25, -0.2) is 4.39 Å².